The summed E-state index contributed by atoms with van der Waals surface area (Å²) in [6.45, 7) is 1.74. The van der Waals surface area contributed by atoms with Crippen molar-refractivity contribution in [2.75, 3.05) is 14.2 Å². The summed E-state index contributed by atoms with van der Waals surface area (Å²) in [6, 6.07) is -0.0509. The minimum atomic E-state index is -0.393. The Balaban J connectivity index is 0.00000225. The maximum atomic E-state index is 11.7. The lowest BCUT2D eigenvalue weighted by molar-refractivity contribution is -0.134. The van der Waals surface area contributed by atoms with Gasteiger partial charge < -0.3 is 15.4 Å². The number of rotatable bonds is 3. The SMILES string of the molecule is COC1CCC(N(C)C(=O)C(C)N)CC1.Cl. The number of likely N-dealkylation sites (N-methyl/N-ethyl adjacent to an activating group) is 1. The van der Waals surface area contributed by atoms with E-state index in [1.807, 2.05) is 7.05 Å². The molecule has 0 radical (unpaired) electrons. The average molecular weight is 251 g/mol. The summed E-state index contributed by atoms with van der Waals surface area (Å²) in [4.78, 5) is 13.5. The molecule has 0 heterocycles. The number of halogens is 1. The monoisotopic (exact) mass is 250 g/mol. The lowest BCUT2D eigenvalue weighted by atomic mass is 9.92. The van der Waals surface area contributed by atoms with Gasteiger partial charge in [-0.1, -0.05) is 0 Å². The number of nitrogens with two attached hydrogens (primary N) is 1. The van der Waals surface area contributed by atoms with Crippen molar-refractivity contribution in [1.82, 2.24) is 4.90 Å². The van der Waals surface area contributed by atoms with Crippen molar-refractivity contribution in [2.24, 2.45) is 5.73 Å². The lowest BCUT2D eigenvalue weighted by Crippen LogP contribution is -2.46. The molecule has 2 N–H and O–H groups in total. The number of carbonyl (C=O) groups is 1. The van der Waals surface area contributed by atoms with Gasteiger partial charge in [-0.3, -0.25) is 4.79 Å². The zero-order chi connectivity index (χ0) is 11.4. The second-order valence-electron chi connectivity index (χ2n) is 4.40. The van der Waals surface area contributed by atoms with Crippen molar-refractivity contribution in [3.05, 3.63) is 0 Å². The number of amides is 1. The van der Waals surface area contributed by atoms with Crippen LogP contribution in [0.15, 0.2) is 0 Å². The standard InChI is InChI=1S/C11H22N2O2.ClH/c1-8(12)11(14)13(2)9-4-6-10(15-3)7-5-9;/h8-10H,4-7,12H2,1-3H3;1H. The van der Waals surface area contributed by atoms with Gasteiger partial charge in [0.15, 0.2) is 0 Å². The van der Waals surface area contributed by atoms with Crippen molar-refractivity contribution in [3.8, 4) is 0 Å². The Labute approximate surface area is 104 Å². The molecular formula is C11H23ClN2O2. The molecule has 5 heteroatoms. The normalized spacial score (nSPS) is 26.8. The number of hydrogen-bond acceptors (Lipinski definition) is 3. The van der Waals surface area contributed by atoms with Gasteiger partial charge in [0.25, 0.3) is 0 Å². The van der Waals surface area contributed by atoms with Crippen LogP contribution in [0.5, 0.6) is 0 Å². The van der Waals surface area contributed by atoms with Gasteiger partial charge in [0.1, 0.15) is 0 Å². The minimum absolute atomic E-state index is 0. The Bertz CT molecular complexity index is 216. The van der Waals surface area contributed by atoms with Crippen molar-refractivity contribution in [2.45, 2.75) is 50.8 Å². The molecule has 1 aliphatic rings. The summed E-state index contributed by atoms with van der Waals surface area (Å²) < 4.78 is 5.30. The summed E-state index contributed by atoms with van der Waals surface area (Å²) in [5, 5.41) is 0. The van der Waals surface area contributed by atoms with Crippen LogP contribution in [-0.2, 0) is 9.53 Å². The zero-order valence-electron chi connectivity index (χ0n) is 10.3. The molecule has 0 bridgehead atoms. The third kappa shape index (κ3) is 3.92. The van der Waals surface area contributed by atoms with Gasteiger partial charge in [0, 0.05) is 20.2 Å². The van der Waals surface area contributed by atoms with E-state index in [1.54, 1.807) is 18.9 Å². The largest absolute Gasteiger partial charge is 0.381 e. The molecule has 1 aliphatic carbocycles. The van der Waals surface area contributed by atoms with Gasteiger partial charge in [0.2, 0.25) is 5.91 Å². The molecule has 16 heavy (non-hydrogen) atoms. The molecule has 1 amide bonds. The molecule has 0 aromatic heterocycles. The highest BCUT2D eigenvalue weighted by Crippen LogP contribution is 2.24. The quantitative estimate of drug-likeness (QED) is 0.818. The van der Waals surface area contributed by atoms with E-state index in [1.165, 1.54) is 0 Å². The Kier molecular flexibility index (Phi) is 6.95. The molecule has 1 rings (SSSR count). The van der Waals surface area contributed by atoms with Crippen LogP contribution in [0.1, 0.15) is 32.6 Å². The van der Waals surface area contributed by atoms with Crippen LogP contribution in [0.4, 0.5) is 0 Å². The van der Waals surface area contributed by atoms with E-state index in [0.29, 0.717) is 12.1 Å². The number of hydrogen-bond donors (Lipinski definition) is 1. The third-order valence-electron chi connectivity index (χ3n) is 3.26. The van der Waals surface area contributed by atoms with Gasteiger partial charge in [0.05, 0.1) is 12.1 Å². The van der Waals surface area contributed by atoms with Crippen LogP contribution in [0.2, 0.25) is 0 Å². The fourth-order valence-corrected chi connectivity index (χ4v) is 2.17. The number of carbonyl (C=O) groups excluding carboxylic acids is 1. The smallest absolute Gasteiger partial charge is 0.239 e. The fourth-order valence-electron chi connectivity index (χ4n) is 2.17. The van der Waals surface area contributed by atoms with Crippen molar-refractivity contribution in [3.63, 3.8) is 0 Å². The number of ether oxygens (including phenoxy) is 1. The molecule has 1 atom stereocenters. The fraction of sp³-hybridized carbons (Fsp3) is 0.909. The average Bonchev–Trinajstić information content (AvgIpc) is 2.27. The molecule has 0 aromatic carbocycles. The molecular weight excluding hydrogens is 228 g/mol. The van der Waals surface area contributed by atoms with E-state index in [4.69, 9.17) is 10.5 Å². The van der Waals surface area contributed by atoms with Crippen LogP contribution in [0, 0.1) is 0 Å². The van der Waals surface area contributed by atoms with Crippen molar-refractivity contribution < 1.29 is 9.53 Å². The van der Waals surface area contributed by atoms with Gasteiger partial charge in [-0.05, 0) is 32.6 Å². The third-order valence-corrected chi connectivity index (χ3v) is 3.26. The molecule has 0 aliphatic heterocycles. The highest BCUT2D eigenvalue weighted by Gasteiger charge is 2.27. The first-order chi connectivity index (χ1) is 7.06. The van der Waals surface area contributed by atoms with Gasteiger partial charge >= 0.3 is 0 Å². The van der Waals surface area contributed by atoms with Gasteiger partial charge in [-0.2, -0.15) is 0 Å². The number of methoxy groups -OCH3 is 1. The van der Waals surface area contributed by atoms with Crippen LogP contribution < -0.4 is 5.73 Å². The number of nitrogens with zero attached hydrogens (tertiary/aromatic N) is 1. The molecule has 1 saturated carbocycles. The van der Waals surface area contributed by atoms with Crippen molar-refractivity contribution in [1.29, 1.82) is 0 Å². The van der Waals surface area contributed by atoms with E-state index < -0.39 is 6.04 Å². The molecule has 0 spiro atoms. The Morgan fingerprint density at radius 2 is 1.88 bits per heavy atom. The molecule has 0 aromatic rings. The van der Waals surface area contributed by atoms with E-state index in [2.05, 4.69) is 0 Å². The van der Waals surface area contributed by atoms with Crippen LogP contribution in [0.3, 0.4) is 0 Å². The predicted octanol–water partition coefficient (Wildman–Crippen LogP) is 1.17. The van der Waals surface area contributed by atoms with E-state index in [-0.39, 0.29) is 18.3 Å². The summed E-state index contributed by atoms with van der Waals surface area (Å²) >= 11 is 0. The van der Waals surface area contributed by atoms with Crippen LogP contribution >= 0.6 is 12.4 Å². The Morgan fingerprint density at radius 1 is 1.38 bits per heavy atom. The highest BCUT2D eigenvalue weighted by atomic mass is 35.5. The summed E-state index contributed by atoms with van der Waals surface area (Å²) in [7, 11) is 3.60. The summed E-state index contributed by atoms with van der Waals surface area (Å²) in [5.41, 5.74) is 5.58. The van der Waals surface area contributed by atoms with Crippen molar-refractivity contribution >= 4 is 18.3 Å². The first-order valence-electron chi connectivity index (χ1n) is 5.61. The first-order valence-corrected chi connectivity index (χ1v) is 5.61. The maximum Gasteiger partial charge on any atom is 0.239 e. The summed E-state index contributed by atoms with van der Waals surface area (Å²) in [5.74, 6) is 0.0378. The van der Waals surface area contributed by atoms with E-state index in [9.17, 15) is 4.79 Å². The zero-order valence-corrected chi connectivity index (χ0v) is 11.1. The molecule has 1 fully saturated rings. The molecule has 1 unspecified atom stereocenters. The summed E-state index contributed by atoms with van der Waals surface area (Å²) in [6.07, 6.45) is 4.50. The van der Waals surface area contributed by atoms with Gasteiger partial charge in [-0.25, -0.2) is 0 Å². The maximum absolute atomic E-state index is 11.7. The van der Waals surface area contributed by atoms with Crippen LogP contribution in [-0.4, -0.2) is 43.2 Å². The highest BCUT2D eigenvalue weighted by molar-refractivity contribution is 5.85. The molecule has 4 nitrogen and oxygen atoms in total. The van der Waals surface area contributed by atoms with E-state index in [0.717, 1.165) is 25.7 Å². The second kappa shape index (κ2) is 7.09. The second-order valence-corrected chi connectivity index (χ2v) is 4.40. The Morgan fingerprint density at radius 3 is 2.25 bits per heavy atom. The topological polar surface area (TPSA) is 55.6 Å². The predicted molar refractivity (Wildman–Crippen MR) is 66.7 cm³/mol. The van der Waals surface area contributed by atoms with Gasteiger partial charge in [-0.15, -0.1) is 12.4 Å². The first kappa shape index (κ1) is 15.7. The lowest BCUT2D eigenvalue weighted by Gasteiger charge is -2.34. The Hall–Kier alpha value is -0.320. The van der Waals surface area contributed by atoms with E-state index >= 15 is 0 Å². The van der Waals surface area contributed by atoms with Crippen LogP contribution in [0.25, 0.3) is 0 Å². The molecule has 96 valence electrons. The minimum Gasteiger partial charge on any atom is -0.381 e. The molecule has 0 saturated heterocycles.